The van der Waals surface area contributed by atoms with Gasteiger partial charge in [-0.05, 0) is 44.0 Å². The number of aryl methyl sites for hydroxylation is 1. The van der Waals surface area contributed by atoms with Crippen LogP contribution >= 0.6 is 0 Å². The van der Waals surface area contributed by atoms with Gasteiger partial charge in [0.1, 0.15) is 5.78 Å². The zero-order chi connectivity index (χ0) is 16.3. The Kier molecular flexibility index (Phi) is 7.55. The van der Waals surface area contributed by atoms with Crippen LogP contribution in [-0.4, -0.2) is 24.3 Å². The molecule has 0 radical (unpaired) electrons. The molecule has 0 fully saturated rings. The minimum Gasteiger partial charge on any atom is -0.302 e. The highest BCUT2D eigenvalue weighted by molar-refractivity contribution is 5.78. The molecule has 0 unspecified atom stereocenters. The summed E-state index contributed by atoms with van der Waals surface area (Å²) in [6.45, 7) is 2.02. The van der Waals surface area contributed by atoms with Crippen LogP contribution in [0.25, 0.3) is 0 Å². The van der Waals surface area contributed by atoms with Crippen LogP contribution in [0.2, 0.25) is 0 Å². The van der Waals surface area contributed by atoms with Gasteiger partial charge in [-0.3, -0.25) is 4.79 Å². The molecule has 0 aliphatic rings. The fraction of sp³-hybridized carbons (Fsp3) is 0.381. The van der Waals surface area contributed by atoms with E-state index in [1.165, 1.54) is 11.1 Å². The fourth-order valence-electron chi connectivity index (χ4n) is 2.73. The van der Waals surface area contributed by atoms with Crippen molar-refractivity contribution < 1.29 is 4.79 Å². The quantitative estimate of drug-likeness (QED) is 0.603. The third-order valence-corrected chi connectivity index (χ3v) is 4.08. The van der Waals surface area contributed by atoms with Crippen LogP contribution in [0.4, 0.5) is 0 Å². The van der Waals surface area contributed by atoms with Gasteiger partial charge in [0.25, 0.3) is 0 Å². The number of carbonyl (C=O) groups excluding carboxylic acids is 1. The summed E-state index contributed by atoms with van der Waals surface area (Å²) in [6.07, 6.45) is 4.33. The van der Waals surface area contributed by atoms with E-state index in [-0.39, 0.29) is 0 Å². The minimum atomic E-state index is 0.388. The van der Waals surface area contributed by atoms with Gasteiger partial charge < -0.3 is 4.90 Å². The zero-order valence-corrected chi connectivity index (χ0v) is 14.1. The maximum absolute atomic E-state index is 11.9. The highest BCUT2D eigenvalue weighted by Crippen LogP contribution is 2.08. The molecule has 0 spiro atoms. The second kappa shape index (κ2) is 9.96. The largest absolute Gasteiger partial charge is 0.302 e. The lowest BCUT2D eigenvalue weighted by Gasteiger charge is -2.16. The Morgan fingerprint density at radius 2 is 1.43 bits per heavy atom. The summed E-state index contributed by atoms with van der Waals surface area (Å²) in [5.41, 5.74) is 2.59. The minimum absolute atomic E-state index is 0.388. The Bertz CT molecular complexity index is 565. The van der Waals surface area contributed by atoms with E-state index >= 15 is 0 Å². The van der Waals surface area contributed by atoms with Gasteiger partial charge >= 0.3 is 0 Å². The van der Waals surface area contributed by atoms with E-state index < -0.39 is 0 Å². The predicted octanol–water partition coefficient (Wildman–Crippen LogP) is 4.49. The maximum atomic E-state index is 11.9. The number of rotatable bonds is 10. The van der Waals surface area contributed by atoms with E-state index in [1.807, 2.05) is 24.3 Å². The molecule has 2 nitrogen and oxygen atoms in total. The van der Waals surface area contributed by atoms with Crippen molar-refractivity contribution in [3.8, 4) is 0 Å². The molecule has 2 aromatic carbocycles. The highest BCUT2D eigenvalue weighted by Gasteiger charge is 2.04. The summed E-state index contributed by atoms with van der Waals surface area (Å²) < 4.78 is 0. The molecule has 0 aliphatic heterocycles. The molecule has 0 saturated heterocycles. The zero-order valence-electron chi connectivity index (χ0n) is 14.1. The van der Waals surface area contributed by atoms with Gasteiger partial charge in [-0.15, -0.1) is 0 Å². The fourth-order valence-corrected chi connectivity index (χ4v) is 2.73. The number of unbranched alkanes of at least 4 members (excludes halogenated alkanes) is 1. The predicted molar refractivity (Wildman–Crippen MR) is 96.4 cm³/mol. The number of ketones is 1. The van der Waals surface area contributed by atoms with Crippen molar-refractivity contribution in [2.45, 2.75) is 38.6 Å². The summed E-state index contributed by atoms with van der Waals surface area (Å²) in [5, 5.41) is 0. The lowest BCUT2D eigenvalue weighted by molar-refractivity contribution is -0.119. The van der Waals surface area contributed by atoms with E-state index in [0.29, 0.717) is 18.6 Å². The standard InChI is InChI=1S/C21H27NO/c1-22(18-20-12-6-3-7-13-20)17-9-8-14-21(23)16-15-19-10-4-2-5-11-19/h2-7,10-13H,8-9,14-18H2,1H3. The number of hydrogen-bond donors (Lipinski definition) is 0. The Balaban J connectivity index is 1.55. The van der Waals surface area contributed by atoms with E-state index in [4.69, 9.17) is 0 Å². The molecule has 0 bridgehead atoms. The van der Waals surface area contributed by atoms with E-state index in [2.05, 4.69) is 48.3 Å². The monoisotopic (exact) mass is 309 g/mol. The average Bonchev–Trinajstić information content (AvgIpc) is 2.59. The molecule has 0 N–H and O–H groups in total. The number of carbonyl (C=O) groups is 1. The van der Waals surface area contributed by atoms with Crippen LogP contribution in [0.1, 0.15) is 36.8 Å². The molecule has 2 aromatic rings. The van der Waals surface area contributed by atoms with E-state index in [0.717, 1.165) is 32.4 Å². The van der Waals surface area contributed by atoms with Crippen molar-refractivity contribution in [2.75, 3.05) is 13.6 Å². The van der Waals surface area contributed by atoms with Gasteiger partial charge in [0.05, 0.1) is 0 Å². The SMILES string of the molecule is CN(CCCCC(=O)CCc1ccccc1)Cc1ccccc1. The Morgan fingerprint density at radius 1 is 0.826 bits per heavy atom. The van der Waals surface area contributed by atoms with Gasteiger partial charge in [0.15, 0.2) is 0 Å². The number of hydrogen-bond acceptors (Lipinski definition) is 2. The van der Waals surface area contributed by atoms with Crippen LogP contribution in [0, 0.1) is 0 Å². The third-order valence-electron chi connectivity index (χ3n) is 4.08. The Hall–Kier alpha value is -1.93. The van der Waals surface area contributed by atoms with Crippen molar-refractivity contribution in [3.63, 3.8) is 0 Å². The second-order valence-corrected chi connectivity index (χ2v) is 6.20. The second-order valence-electron chi connectivity index (χ2n) is 6.20. The molecular formula is C21H27NO. The molecule has 122 valence electrons. The van der Waals surface area contributed by atoms with Crippen molar-refractivity contribution in [2.24, 2.45) is 0 Å². The van der Waals surface area contributed by atoms with Crippen LogP contribution in [0.5, 0.6) is 0 Å². The van der Waals surface area contributed by atoms with Crippen molar-refractivity contribution in [3.05, 3.63) is 71.8 Å². The molecule has 0 heterocycles. The van der Waals surface area contributed by atoms with Gasteiger partial charge in [-0.25, -0.2) is 0 Å². The molecule has 0 atom stereocenters. The first-order chi connectivity index (χ1) is 11.2. The van der Waals surface area contributed by atoms with Crippen LogP contribution in [0.3, 0.4) is 0 Å². The number of benzene rings is 2. The molecular weight excluding hydrogens is 282 g/mol. The third kappa shape index (κ3) is 7.25. The van der Waals surface area contributed by atoms with E-state index in [1.54, 1.807) is 0 Å². The van der Waals surface area contributed by atoms with Gasteiger partial charge in [0.2, 0.25) is 0 Å². The lowest BCUT2D eigenvalue weighted by atomic mass is 10.0. The highest BCUT2D eigenvalue weighted by atomic mass is 16.1. The first-order valence-corrected chi connectivity index (χ1v) is 8.52. The van der Waals surface area contributed by atoms with Crippen molar-refractivity contribution in [1.29, 1.82) is 0 Å². The normalized spacial score (nSPS) is 10.9. The Morgan fingerprint density at radius 3 is 2.09 bits per heavy atom. The first kappa shape index (κ1) is 17.4. The van der Waals surface area contributed by atoms with Gasteiger partial charge in [0, 0.05) is 19.4 Å². The number of Topliss-reactive ketones (excluding diaryl/α,β-unsaturated/α-hetero) is 1. The first-order valence-electron chi connectivity index (χ1n) is 8.52. The van der Waals surface area contributed by atoms with E-state index in [9.17, 15) is 4.79 Å². The van der Waals surface area contributed by atoms with Crippen molar-refractivity contribution in [1.82, 2.24) is 4.90 Å². The summed E-state index contributed by atoms with van der Waals surface area (Å²) in [4.78, 5) is 14.3. The summed E-state index contributed by atoms with van der Waals surface area (Å²) in [5.74, 6) is 0.388. The summed E-state index contributed by atoms with van der Waals surface area (Å²) >= 11 is 0. The van der Waals surface area contributed by atoms with Crippen molar-refractivity contribution >= 4 is 5.78 Å². The van der Waals surface area contributed by atoms with Crippen LogP contribution in [-0.2, 0) is 17.8 Å². The topological polar surface area (TPSA) is 20.3 Å². The molecule has 0 amide bonds. The Labute approximate surface area is 140 Å². The average molecular weight is 309 g/mol. The van der Waals surface area contributed by atoms with Crippen LogP contribution in [0.15, 0.2) is 60.7 Å². The van der Waals surface area contributed by atoms with Gasteiger partial charge in [-0.1, -0.05) is 60.7 Å². The van der Waals surface area contributed by atoms with Gasteiger partial charge in [-0.2, -0.15) is 0 Å². The molecule has 23 heavy (non-hydrogen) atoms. The van der Waals surface area contributed by atoms with Crippen LogP contribution < -0.4 is 0 Å². The summed E-state index contributed by atoms with van der Waals surface area (Å²) in [7, 11) is 2.14. The molecule has 2 rings (SSSR count). The maximum Gasteiger partial charge on any atom is 0.133 e. The number of nitrogens with zero attached hydrogens (tertiary/aromatic N) is 1. The molecule has 0 saturated carbocycles. The molecule has 0 aliphatic carbocycles. The molecule has 0 aromatic heterocycles. The smallest absolute Gasteiger partial charge is 0.133 e. The molecule has 2 heteroatoms. The summed E-state index contributed by atoms with van der Waals surface area (Å²) in [6, 6.07) is 20.8. The lowest BCUT2D eigenvalue weighted by Crippen LogP contribution is -2.19.